The summed E-state index contributed by atoms with van der Waals surface area (Å²) in [5.41, 5.74) is 0.682. The van der Waals surface area contributed by atoms with E-state index in [1.165, 1.54) is 51.4 Å². The SMILES string of the molecule is C=CCCC1CC([C@@]2(C3CCCC3)CCCC3CCCCC32)C2C=CC=CC12. The Balaban J connectivity index is 1.52. The van der Waals surface area contributed by atoms with Crippen molar-refractivity contribution in [3.8, 4) is 0 Å². The van der Waals surface area contributed by atoms with E-state index in [-0.39, 0.29) is 0 Å². The van der Waals surface area contributed by atoms with Gasteiger partial charge in [-0.1, -0.05) is 75.3 Å². The summed E-state index contributed by atoms with van der Waals surface area (Å²) in [7, 11) is 0. The first kappa shape index (κ1) is 19.2. The molecule has 0 heteroatoms. The van der Waals surface area contributed by atoms with Crippen molar-refractivity contribution in [2.75, 3.05) is 0 Å². The summed E-state index contributed by atoms with van der Waals surface area (Å²) >= 11 is 0. The number of hydrogen-bond donors (Lipinski definition) is 0. The largest absolute Gasteiger partial charge is 0.103 e. The van der Waals surface area contributed by atoms with Crippen molar-refractivity contribution in [1.29, 1.82) is 0 Å². The van der Waals surface area contributed by atoms with Crippen molar-refractivity contribution in [3.05, 3.63) is 37.0 Å². The van der Waals surface area contributed by atoms with Crippen LogP contribution in [0.3, 0.4) is 0 Å². The maximum absolute atomic E-state index is 4.03. The Kier molecular flexibility index (Phi) is 5.59. The number of rotatable bonds is 5. The van der Waals surface area contributed by atoms with Crippen LogP contribution in [0.15, 0.2) is 37.0 Å². The van der Waals surface area contributed by atoms with Gasteiger partial charge in [0.2, 0.25) is 0 Å². The van der Waals surface area contributed by atoms with E-state index in [0.29, 0.717) is 5.41 Å². The maximum atomic E-state index is 4.03. The minimum absolute atomic E-state index is 0.682. The summed E-state index contributed by atoms with van der Waals surface area (Å²) in [6.45, 7) is 4.03. The molecule has 0 N–H and O–H groups in total. The summed E-state index contributed by atoms with van der Waals surface area (Å²) < 4.78 is 0. The first-order chi connectivity index (χ1) is 13.8. The molecule has 0 nitrogen and oxygen atoms in total. The Morgan fingerprint density at radius 2 is 1.54 bits per heavy atom. The van der Waals surface area contributed by atoms with Gasteiger partial charge in [0.15, 0.2) is 0 Å². The van der Waals surface area contributed by atoms with Crippen LogP contribution in [0, 0.1) is 46.8 Å². The van der Waals surface area contributed by atoms with Crippen LogP contribution in [0.4, 0.5) is 0 Å². The van der Waals surface area contributed by atoms with Crippen molar-refractivity contribution in [1.82, 2.24) is 0 Å². The average Bonchev–Trinajstić information content (AvgIpc) is 3.41. The Labute approximate surface area is 173 Å². The summed E-state index contributed by atoms with van der Waals surface area (Å²) in [5, 5.41) is 0. The first-order valence-electron chi connectivity index (χ1n) is 12.8. The summed E-state index contributed by atoms with van der Waals surface area (Å²) in [4.78, 5) is 0. The molecule has 0 aromatic heterocycles. The van der Waals surface area contributed by atoms with E-state index in [1.807, 2.05) is 0 Å². The van der Waals surface area contributed by atoms with E-state index in [0.717, 1.165) is 41.4 Å². The normalized spacial score (nSPS) is 45.7. The van der Waals surface area contributed by atoms with Gasteiger partial charge in [0.05, 0.1) is 0 Å². The Morgan fingerprint density at radius 1 is 0.821 bits per heavy atom. The zero-order valence-electron chi connectivity index (χ0n) is 18.0. The lowest BCUT2D eigenvalue weighted by atomic mass is 9.46. The fraction of sp³-hybridized carbons (Fsp3) is 0.786. The van der Waals surface area contributed by atoms with E-state index in [4.69, 9.17) is 0 Å². The third-order valence-electron chi connectivity index (χ3n) is 10.1. The molecule has 0 bridgehead atoms. The van der Waals surface area contributed by atoms with Crippen LogP contribution in [-0.2, 0) is 0 Å². The van der Waals surface area contributed by atoms with E-state index < -0.39 is 0 Å². The molecule has 0 spiro atoms. The molecule has 5 rings (SSSR count). The van der Waals surface area contributed by atoms with Gasteiger partial charge in [0.25, 0.3) is 0 Å². The maximum Gasteiger partial charge on any atom is -0.0131 e. The highest BCUT2D eigenvalue weighted by Gasteiger charge is 2.59. The lowest BCUT2D eigenvalue weighted by molar-refractivity contribution is -0.0887. The van der Waals surface area contributed by atoms with Gasteiger partial charge in [-0.25, -0.2) is 0 Å². The Hall–Kier alpha value is -0.780. The van der Waals surface area contributed by atoms with E-state index >= 15 is 0 Å². The van der Waals surface area contributed by atoms with Gasteiger partial charge in [-0.3, -0.25) is 0 Å². The van der Waals surface area contributed by atoms with Gasteiger partial charge < -0.3 is 0 Å². The van der Waals surface area contributed by atoms with Crippen molar-refractivity contribution in [2.45, 2.75) is 89.9 Å². The third-order valence-corrected chi connectivity index (χ3v) is 10.1. The zero-order chi connectivity index (χ0) is 19.0. The van der Waals surface area contributed by atoms with Crippen LogP contribution in [0.25, 0.3) is 0 Å². The molecule has 4 fully saturated rings. The zero-order valence-corrected chi connectivity index (χ0v) is 18.0. The molecule has 0 heterocycles. The van der Waals surface area contributed by atoms with Gasteiger partial charge in [0.1, 0.15) is 0 Å². The fourth-order valence-electron chi connectivity index (χ4n) is 9.23. The molecule has 0 saturated heterocycles. The second-order valence-electron chi connectivity index (χ2n) is 11.0. The van der Waals surface area contributed by atoms with Crippen LogP contribution < -0.4 is 0 Å². The monoisotopic (exact) mass is 378 g/mol. The molecule has 0 amide bonds. The van der Waals surface area contributed by atoms with Crippen LogP contribution >= 0.6 is 0 Å². The summed E-state index contributed by atoms with van der Waals surface area (Å²) in [5.74, 6) is 6.68. The summed E-state index contributed by atoms with van der Waals surface area (Å²) in [6, 6.07) is 0. The fourth-order valence-corrected chi connectivity index (χ4v) is 9.23. The summed E-state index contributed by atoms with van der Waals surface area (Å²) in [6.07, 6.45) is 33.2. The minimum atomic E-state index is 0.682. The molecular weight excluding hydrogens is 336 g/mol. The predicted molar refractivity (Wildman–Crippen MR) is 120 cm³/mol. The molecule has 0 aromatic carbocycles. The van der Waals surface area contributed by atoms with Crippen LogP contribution in [0.1, 0.15) is 89.9 Å². The highest BCUT2D eigenvalue weighted by molar-refractivity contribution is 5.22. The predicted octanol–water partition coefficient (Wildman–Crippen LogP) is 8.11. The average molecular weight is 379 g/mol. The van der Waals surface area contributed by atoms with E-state index in [1.54, 1.807) is 38.5 Å². The molecule has 7 atom stereocenters. The minimum Gasteiger partial charge on any atom is -0.103 e. The molecule has 5 aliphatic carbocycles. The topological polar surface area (TPSA) is 0 Å². The van der Waals surface area contributed by atoms with Crippen molar-refractivity contribution in [3.63, 3.8) is 0 Å². The van der Waals surface area contributed by atoms with Gasteiger partial charge >= 0.3 is 0 Å². The lowest BCUT2D eigenvalue weighted by Gasteiger charge is -2.58. The van der Waals surface area contributed by atoms with Gasteiger partial charge in [-0.2, -0.15) is 0 Å². The van der Waals surface area contributed by atoms with Gasteiger partial charge in [-0.05, 0) is 91.8 Å². The molecule has 0 aromatic rings. The van der Waals surface area contributed by atoms with Crippen molar-refractivity contribution >= 4 is 0 Å². The quantitative estimate of drug-likeness (QED) is 0.424. The van der Waals surface area contributed by atoms with Gasteiger partial charge in [-0.15, -0.1) is 6.58 Å². The Morgan fingerprint density at radius 3 is 2.36 bits per heavy atom. The smallest absolute Gasteiger partial charge is 0.0131 e. The molecule has 4 saturated carbocycles. The number of allylic oxidation sites excluding steroid dienone is 5. The second-order valence-corrected chi connectivity index (χ2v) is 11.0. The highest BCUT2D eigenvalue weighted by Crippen LogP contribution is 2.67. The standard InChI is InChI=1S/C28H42/c1-2-3-11-22-20-27(25-17-8-7-16-24(22)25)28(23-14-5-6-15-23)19-10-13-21-12-4-9-18-26(21)28/h2,7-8,16-17,21-27H,1,3-6,9-15,18-20H2/t21?,22?,24?,25?,26?,27?,28-/m1/s1. The molecule has 154 valence electrons. The van der Waals surface area contributed by atoms with Crippen LogP contribution in [-0.4, -0.2) is 0 Å². The second kappa shape index (κ2) is 8.16. The number of hydrogen-bond acceptors (Lipinski definition) is 0. The molecule has 28 heavy (non-hydrogen) atoms. The van der Waals surface area contributed by atoms with E-state index in [9.17, 15) is 0 Å². The van der Waals surface area contributed by atoms with Crippen molar-refractivity contribution in [2.24, 2.45) is 46.8 Å². The van der Waals surface area contributed by atoms with Crippen molar-refractivity contribution < 1.29 is 0 Å². The molecule has 0 aliphatic heterocycles. The van der Waals surface area contributed by atoms with Crippen LogP contribution in [0.2, 0.25) is 0 Å². The molecule has 6 unspecified atom stereocenters. The lowest BCUT2D eigenvalue weighted by Crippen LogP contribution is -2.51. The highest BCUT2D eigenvalue weighted by atomic mass is 14.6. The number of fused-ring (bicyclic) bond motifs is 2. The first-order valence-corrected chi connectivity index (χ1v) is 12.8. The molecular formula is C28H42. The van der Waals surface area contributed by atoms with Gasteiger partial charge in [0, 0.05) is 0 Å². The van der Waals surface area contributed by atoms with E-state index in [2.05, 4.69) is 37.0 Å². The molecule has 5 aliphatic rings. The third kappa shape index (κ3) is 3.09. The molecule has 0 radical (unpaired) electrons. The van der Waals surface area contributed by atoms with Crippen LogP contribution in [0.5, 0.6) is 0 Å². The Bertz CT molecular complexity index is 604.